The summed E-state index contributed by atoms with van der Waals surface area (Å²) in [7, 11) is 0. The van der Waals surface area contributed by atoms with Crippen LogP contribution in [0.4, 0.5) is 5.69 Å². The molecule has 3 rings (SSSR count). The number of rotatable bonds is 4. The van der Waals surface area contributed by atoms with Crippen LogP contribution in [0.5, 0.6) is 0 Å². The average molecular weight is 284 g/mol. The molecule has 0 bridgehead atoms. The zero-order valence-corrected chi connectivity index (χ0v) is 12.1. The number of carbonyl (C=O) groups excluding carboxylic acids is 1. The molecule has 4 heteroatoms. The van der Waals surface area contributed by atoms with Gasteiger partial charge in [-0.1, -0.05) is 19.1 Å². The molecule has 0 spiro atoms. The van der Waals surface area contributed by atoms with E-state index in [4.69, 9.17) is 4.74 Å². The number of anilines is 1. The van der Waals surface area contributed by atoms with Crippen molar-refractivity contribution in [2.75, 3.05) is 11.9 Å². The van der Waals surface area contributed by atoms with E-state index < -0.39 is 0 Å². The Morgan fingerprint density at radius 2 is 2.14 bits per heavy atom. The lowest BCUT2D eigenvalue weighted by Gasteiger charge is -2.16. The van der Waals surface area contributed by atoms with E-state index in [1.807, 2.05) is 42.6 Å². The topological polar surface area (TPSA) is 54.1 Å². The Hall–Kier alpha value is -2.07. The van der Waals surface area contributed by atoms with Crippen LogP contribution in [0.3, 0.4) is 0 Å². The molecular weight excluding hydrogens is 264 g/mol. The van der Waals surface area contributed by atoms with Gasteiger partial charge in [0.1, 0.15) is 0 Å². The van der Waals surface area contributed by atoms with Crippen LogP contribution < -0.4 is 5.32 Å². The van der Waals surface area contributed by atoms with Crippen LogP contribution in [-0.4, -0.2) is 23.6 Å². The number of aromatic amines is 1. The molecule has 0 saturated carbocycles. The van der Waals surface area contributed by atoms with Crippen LogP contribution in [0.15, 0.2) is 42.6 Å². The van der Waals surface area contributed by atoms with Crippen molar-refractivity contribution in [1.29, 1.82) is 0 Å². The first-order valence-electron chi connectivity index (χ1n) is 7.44. The number of nitrogens with one attached hydrogen (secondary N) is 2. The highest BCUT2D eigenvalue weighted by Crippen LogP contribution is 2.25. The first-order valence-corrected chi connectivity index (χ1v) is 7.44. The number of benzene rings is 1. The third-order valence-corrected chi connectivity index (χ3v) is 4.01. The summed E-state index contributed by atoms with van der Waals surface area (Å²) in [6.45, 7) is 2.74. The van der Waals surface area contributed by atoms with Crippen molar-refractivity contribution in [3.8, 4) is 11.3 Å². The molecule has 1 aliphatic rings. The second-order valence-electron chi connectivity index (χ2n) is 5.36. The minimum atomic E-state index is -0.0296. The minimum absolute atomic E-state index is 0.0296. The predicted molar refractivity (Wildman–Crippen MR) is 83.0 cm³/mol. The van der Waals surface area contributed by atoms with Gasteiger partial charge in [0, 0.05) is 24.2 Å². The van der Waals surface area contributed by atoms with Crippen LogP contribution in [-0.2, 0) is 9.53 Å². The third-order valence-electron chi connectivity index (χ3n) is 4.01. The quantitative estimate of drug-likeness (QED) is 0.903. The Balaban J connectivity index is 1.66. The second-order valence-corrected chi connectivity index (χ2v) is 5.36. The van der Waals surface area contributed by atoms with Gasteiger partial charge in [-0.25, -0.2) is 0 Å². The lowest BCUT2D eigenvalue weighted by Crippen LogP contribution is -2.29. The molecule has 110 valence electrons. The van der Waals surface area contributed by atoms with E-state index in [0.29, 0.717) is 6.61 Å². The van der Waals surface area contributed by atoms with Crippen molar-refractivity contribution < 1.29 is 9.53 Å². The van der Waals surface area contributed by atoms with Gasteiger partial charge in [-0.05, 0) is 42.7 Å². The molecule has 2 heterocycles. The summed E-state index contributed by atoms with van der Waals surface area (Å²) in [4.78, 5) is 15.5. The molecule has 0 aliphatic carbocycles. The van der Waals surface area contributed by atoms with Crippen LogP contribution >= 0.6 is 0 Å². The van der Waals surface area contributed by atoms with E-state index >= 15 is 0 Å². The standard InChI is InChI=1S/C17H20N2O2/c1-2-16-14(9-11-21-16)17(20)19-13-7-5-12(6-8-13)15-4-3-10-18-15/h3-8,10,14,16,18H,2,9,11H2,1H3,(H,19,20)/t14-,16+/m1/s1. The molecule has 1 aliphatic heterocycles. The van der Waals surface area contributed by atoms with Crippen molar-refractivity contribution in [1.82, 2.24) is 4.98 Å². The fraction of sp³-hybridized carbons (Fsp3) is 0.353. The maximum Gasteiger partial charge on any atom is 0.230 e. The molecule has 2 N–H and O–H groups in total. The SMILES string of the molecule is CC[C@@H]1OCC[C@H]1C(=O)Nc1ccc(-c2ccc[nH]2)cc1. The molecule has 1 amide bonds. The predicted octanol–water partition coefficient (Wildman–Crippen LogP) is 3.44. The smallest absolute Gasteiger partial charge is 0.230 e. The van der Waals surface area contributed by atoms with E-state index in [1.165, 1.54) is 0 Å². The van der Waals surface area contributed by atoms with Crippen molar-refractivity contribution in [3.63, 3.8) is 0 Å². The molecule has 1 aromatic carbocycles. The molecule has 1 saturated heterocycles. The zero-order chi connectivity index (χ0) is 14.7. The summed E-state index contributed by atoms with van der Waals surface area (Å²) < 4.78 is 5.58. The van der Waals surface area contributed by atoms with Gasteiger partial charge in [0.2, 0.25) is 5.91 Å². The summed E-state index contributed by atoms with van der Waals surface area (Å²) in [6.07, 6.45) is 3.65. The summed E-state index contributed by atoms with van der Waals surface area (Å²) >= 11 is 0. The number of aromatic nitrogens is 1. The van der Waals surface area contributed by atoms with Gasteiger partial charge in [-0.3, -0.25) is 4.79 Å². The van der Waals surface area contributed by atoms with E-state index in [1.54, 1.807) is 0 Å². The number of H-pyrrole nitrogens is 1. The Morgan fingerprint density at radius 3 is 2.81 bits per heavy atom. The van der Waals surface area contributed by atoms with Crippen molar-refractivity contribution >= 4 is 11.6 Å². The van der Waals surface area contributed by atoms with Gasteiger partial charge in [0.25, 0.3) is 0 Å². The zero-order valence-electron chi connectivity index (χ0n) is 12.1. The summed E-state index contributed by atoms with van der Waals surface area (Å²) in [5.41, 5.74) is 3.01. The van der Waals surface area contributed by atoms with Gasteiger partial charge >= 0.3 is 0 Å². The molecular formula is C17H20N2O2. The van der Waals surface area contributed by atoms with Gasteiger partial charge in [-0.2, -0.15) is 0 Å². The van der Waals surface area contributed by atoms with E-state index in [0.717, 1.165) is 29.8 Å². The third kappa shape index (κ3) is 3.00. The lowest BCUT2D eigenvalue weighted by atomic mass is 9.98. The maximum absolute atomic E-state index is 12.3. The molecule has 4 nitrogen and oxygen atoms in total. The largest absolute Gasteiger partial charge is 0.377 e. The van der Waals surface area contributed by atoms with Gasteiger partial charge in [0.05, 0.1) is 12.0 Å². The monoisotopic (exact) mass is 284 g/mol. The van der Waals surface area contributed by atoms with E-state index in [9.17, 15) is 4.79 Å². The second kappa shape index (κ2) is 6.14. The van der Waals surface area contributed by atoms with Gasteiger partial charge in [-0.15, -0.1) is 0 Å². The minimum Gasteiger partial charge on any atom is -0.377 e. The highest BCUT2D eigenvalue weighted by molar-refractivity contribution is 5.93. The fourth-order valence-corrected chi connectivity index (χ4v) is 2.83. The fourth-order valence-electron chi connectivity index (χ4n) is 2.83. The first kappa shape index (κ1) is 13.9. The van der Waals surface area contributed by atoms with Crippen LogP contribution in [0, 0.1) is 5.92 Å². The average Bonchev–Trinajstić information content (AvgIpc) is 3.19. The normalized spacial score (nSPS) is 21.4. The Bertz CT molecular complexity index is 590. The van der Waals surface area contributed by atoms with E-state index in [2.05, 4.69) is 17.2 Å². The number of amides is 1. The molecule has 1 fully saturated rings. The Kier molecular flexibility index (Phi) is 4.06. The molecule has 2 atom stereocenters. The Labute approximate surface area is 124 Å². The van der Waals surface area contributed by atoms with Crippen molar-refractivity contribution in [2.45, 2.75) is 25.9 Å². The number of hydrogen-bond acceptors (Lipinski definition) is 2. The summed E-state index contributed by atoms with van der Waals surface area (Å²) in [5, 5.41) is 2.99. The van der Waals surface area contributed by atoms with Gasteiger partial charge < -0.3 is 15.0 Å². The number of ether oxygens (including phenoxy) is 1. The van der Waals surface area contributed by atoms with Crippen molar-refractivity contribution in [3.05, 3.63) is 42.6 Å². The Morgan fingerprint density at radius 1 is 1.33 bits per heavy atom. The molecule has 0 unspecified atom stereocenters. The highest BCUT2D eigenvalue weighted by atomic mass is 16.5. The van der Waals surface area contributed by atoms with Crippen LogP contribution in [0.1, 0.15) is 19.8 Å². The molecule has 2 aromatic rings. The first-order chi connectivity index (χ1) is 10.3. The summed E-state index contributed by atoms with van der Waals surface area (Å²) in [6, 6.07) is 11.9. The van der Waals surface area contributed by atoms with E-state index in [-0.39, 0.29) is 17.9 Å². The van der Waals surface area contributed by atoms with Crippen LogP contribution in [0.25, 0.3) is 11.3 Å². The van der Waals surface area contributed by atoms with Gasteiger partial charge in [0.15, 0.2) is 0 Å². The summed E-state index contributed by atoms with van der Waals surface area (Å²) in [5.74, 6) is 0.0325. The molecule has 1 aromatic heterocycles. The molecule has 0 radical (unpaired) electrons. The maximum atomic E-state index is 12.3. The lowest BCUT2D eigenvalue weighted by molar-refractivity contribution is -0.121. The number of carbonyl (C=O) groups is 1. The molecule has 21 heavy (non-hydrogen) atoms. The van der Waals surface area contributed by atoms with Crippen LogP contribution in [0.2, 0.25) is 0 Å². The highest BCUT2D eigenvalue weighted by Gasteiger charge is 2.32. The van der Waals surface area contributed by atoms with Crippen molar-refractivity contribution in [2.24, 2.45) is 5.92 Å². The number of hydrogen-bond donors (Lipinski definition) is 2.